The van der Waals surface area contributed by atoms with Gasteiger partial charge >= 0.3 is 0 Å². The summed E-state index contributed by atoms with van der Waals surface area (Å²) in [6, 6.07) is 8.36. The number of hydrogen-bond donors (Lipinski definition) is 2. The molecule has 3 rings (SSSR count). The number of nitrogens with one attached hydrogen (secondary N) is 2. The summed E-state index contributed by atoms with van der Waals surface area (Å²) in [7, 11) is 0. The van der Waals surface area contributed by atoms with Crippen LogP contribution in [0.1, 0.15) is 52.8 Å². The lowest BCUT2D eigenvalue weighted by molar-refractivity contribution is 0.0953. The number of benzene rings is 1. The fourth-order valence-corrected chi connectivity index (χ4v) is 3.12. The molecular formula is C21H22ClN3O2. The molecule has 2 aromatic rings. The summed E-state index contributed by atoms with van der Waals surface area (Å²) < 4.78 is 0. The first-order chi connectivity index (χ1) is 13.1. The maximum atomic E-state index is 12.4. The van der Waals surface area contributed by atoms with E-state index in [9.17, 15) is 9.59 Å². The van der Waals surface area contributed by atoms with E-state index in [4.69, 9.17) is 11.6 Å². The van der Waals surface area contributed by atoms with Crippen molar-refractivity contribution >= 4 is 29.1 Å². The molecule has 1 aromatic carbocycles. The molecule has 6 heteroatoms. The molecule has 1 heterocycles. The largest absolute Gasteiger partial charge is 0.352 e. The van der Waals surface area contributed by atoms with Gasteiger partial charge in [0.25, 0.3) is 11.8 Å². The van der Waals surface area contributed by atoms with Crippen molar-refractivity contribution < 1.29 is 9.59 Å². The highest BCUT2D eigenvalue weighted by Gasteiger charge is 2.12. The zero-order chi connectivity index (χ0) is 19.1. The van der Waals surface area contributed by atoms with Gasteiger partial charge in [0.15, 0.2) is 0 Å². The fourth-order valence-electron chi connectivity index (χ4n) is 3.00. The molecule has 2 N–H and O–H groups in total. The molecule has 2 amide bonds. The first-order valence-corrected chi connectivity index (χ1v) is 9.48. The van der Waals surface area contributed by atoms with Gasteiger partial charge in [-0.15, -0.1) is 0 Å². The van der Waals surface area contributed by atoms with Gasteiger partial charge in [0.1, 0.15) is 0 Å². The molecule has 0 unspecified atom stereocenters. The van der Waals surface area contributed by atoms with E-state index in [2.05, 4.69) is 21.7 Å². The molecule has 5 nitrogen and oxygen atoms in total. The molecule has 1 aliphatic rings. The number of carbonyl (C=O) groups is 2. The minimum atomic E-state index is -0.327. The van der Waals surface area contributed by atoms with Gasteiger partial charge in [-0.05, 0) is 62.4 Å². The van der Waals surface area contributed by atoms with Crippen molar-refractivity contribution in [3.63, 3.8) is 0 Å². The van der Waals surface area contributed by atoms with Crippen molar-refractivity contribution in [2.75, 3.05) is 11.9 Å². The zero-order valence-electron chi connectivity index (χ0n) is 15.0. The second-order valence-electron chi connectivity index (χ2n) is 6.54. The minimum absolute atomic E-state index is 0.222. The third-order valence-electron chi connectivity index (χ3n) is 4.48. The molecule has 1 aliphatic carbocycles. The zero-order valence-corrected chi connectivity index (χ0v) is 15.8. The molecular weight excluding hydrogens is 362 g/mol. The van der Waals surface area contributed by atoms with E-state index < -0.39 is 0 Å². The van der Waals surface area contributed by atoms with Gasteiger partial charge in [0, 0.05) is 29.6 Å². The van der Waals surface area contributed by atoms with Crippen molar-refractivity contribution in [3.8, 4) is 0 Å². The van der Waals surface area contributed by atoms with Crippen LogP contribution in [0.3, 0.4) is 0 Å². The number of nitrogens with zero attached hydrogens (tertiary/aromatic N) is 1. The molecule has 0 aliphatic heterocycles. The molecule has 1 aromatic heterocycles. The first-order valence-electron chi connectivity index (χ1n) is 9.10. The van der Waals surface area contributed by atoms with Gasteiger partial charge in [-0.1, -0.05) is 23.3 Å². The molecule has 140 valence electrons. The molecule has 0 spiro atoms. The number of allylic oxidation sites excluding steroid dienone is 1. The van der Waals surface area contributed by atoms with E-state index in [-0.39, 0.29) is 11.8 Å². The molecule has 0 bridgehead atoms. The average Bonchev–Trinajstić information content (AvgIpc) is 2.70. The van der Waals surface area contributed by atoms with Gasteiger partial charge in [0.05, 0.1) is 11.1 Å². The molecule has 0 fully saturated rings. The van der Waals surface area contributed by atoms with E-state index in [1.807, 2.05) is 0 Å². The number of rotatable bonds is 6. The Kier molecular flexibility index (Phi) is 6.60. The van der Waals surface area contributed by atoms with Crippen LogP contribution in [0.15, 0.2) is 54.4 Å². The maximum absolute atomic E-state index is 12.4. The number of aromatic nitrogens is 1. The second-order valence-corrected chi connectivity index (χ2v) is 6.97. The molecule has 27 heavy (non-hydrogen) atoms. The topological polar surface area (TPSA) is 71.1 Å². The fraction of sp³-hybridized carbons (Fsp3) is 0.286. The van der Waals surface area contributed by atoms with E-state index in [1.54, 1.807) is 30.3 Å². The summed E-state index contributed by atoms with van der Waals surface area (Å²) in [5.41, 5.74) is 2.74. The highest BCUT2D eigenvalue weighted by molar-refractivity contribution is 6.30. The van der Waals surface area contributed by atoms with Crippen LogP contribution in [-0.2, 0) is 0 Å². The molecule has 0 saturated carbocycles. The monoisotopic (exact) mass is 383 g/mol. The highest BCUT2D eigenvalue weighted by Crippen LogP contribution is 2.19. The predicted octanol–water partition coefficient (Wildman–Crippen LogP) is 4.61. The smallest absolute Gasteiger partial charge is 0.257 e. The van der Waals surface area contributed by atoms with Gasteiger partial charge in [-0.2, -0.15) is 0 Å². The Hall–Kier alpha value is -2.66. The summed E-state index contributed by atoms with van der Waals surface area (Å²) in [5, 5.41) is 6.26. The number of hydrogen-bond acceptors (Lipinski definition) is 3. The standard InChI is InChI=1S/C21H22ClN3O2/c22-18-6-8-19(9-7-18)25-21(27)17-12-16(13-23-14-17)20(26)24-11-10-15-4-2-1-3-5-15/h4,6-9,12-14H,1-3,5,10-11H2,(H,24,26)(H,25,27). The van der Waals surface area contributed by atoms with Crippen LogP contribution in [0.2, 0.25) is 5.02 Å². The van der Waals surface area contributed by atoms with Crippen molar-refractivity contribution in [1.82, 2.24) is 10.3 Å². The predicted molar refractivity (Wildman–Crippen MR) is 107 cm³/mol. The minimum Gasteiger partial charge on any atom is -0.352 e. The van der Waals surface area contributed by atoms with Crippen LogP contribution in [0.5, 0.6) is 0 Å². The van der Waals surface area contributed by atoms with Crippen LogP contribution in [0, 0.1) is 0 Å². The van der Waals surface area contributed by atoms with Crippen LogP contribution in [-0.4, -0.2) is 23.3 Å². The van der Waals surface area contributed by atoms with E-state index in [1.165, 1.54) is 30.8 Å². The molecule has 0 atom stereocenters. The van der Waals surface area contributed by atoms with E-state index in [0.717, 1.165) is 19.3 Å². The van der Waals surface area contributed by atoms with E-state index >= 15 is 0 Å². The van der Waals surface area contributed by atoms with Gasteiger partial charge in [-0.25, -0.2) is 0 Å². The molecule has 0 radical (unpaired) electrons. The summed E-state index contributed by atoms with van der Waals surface area (Å²) >= 11 is 5.84. The summed E-state index contributed by atoms with van der Waals surface area (Å²) in [6.45, 7) is 0.589. The van der Waals surface area contributed by atoms with Crippen molar-refractivity contribution in [1.29, 1.82) is 0 Å². The van der Waals surface area contributed by atoms with Crippen LogP contribution in [0.4, 0.5) is 5.69 Å². The summed E-state index contributed by atoms with van der Waals surface area (Å²) in [5.74, 6) is -0.549. The van der Waals surface area contributed by atoms with Crippen LogP contribution >= 0.6 is 11.6 Å². The van der Waals surface area contributed by atoms with Crippen LogP contribution in [0.25, 0.3) is 0 Å². The quantitative estimate of drug-likeness (QED) is 0.715. The SMILES string of the molecule is O=C(NCCC1=CCCCC1)c1cncc(C(=O)Nc2ccc(Cl)cc2)c1. The lowest BCUT2D eigenvalue weighted by Gasteiger charge is -2.13. The van der Waals surface area contributed by atoms with Crippen LogP contribution < -0.4 is 10.6 Å². The Morgan fingerprint density at radius 3 is 2.48 bits per heavy atom. The van der Waals surface area contributed by atoms with Gasteiger partial charge < -0.3 is 10.6 Å². The summed E-state index contributed by atoms with van der Waals surface area (Å²) in [4.78, 5) is 28.7. The Labute approximate surface area is 163 Å². The molecule has 0 saturated heterocycles. The Balaban J connectivity index is 1.57. The number of carbonyl (C=O) groups excluding carboxylic acids is 2. The lowest BCUT2D eigenvalue weighted by atomic mass is 9.97. The summed E-state index contributed by atoms with van der Waals surface area (Å²) in [6.07, 6.45) is 10.8. The third kappa shape index (κ3) is 5.66. The highest BCUT2D eigenvalue weighted by atomic mass is 35.5. The van der Waals surface area contributed by atoms with Gasteiger partial charge in [0.2, 0.25) is 0 Å². The Morgan fingerprint density at radius 1 is 1.04 bits per heavy atom. The van der Waals surface area contributed by atoms with Crippen molar-refractivity contribution in [2.24, 2.45) is 0 Å². The number of amides is 2. The van der Waals surface area contributed by atoms with Crippen molar-refractivity contribution in [3.05, 3.63) is 70.5 Å². The number of pyridine rings is 1. The van der Waals surface area contributed by atoms with Gasteiger partial charge in [-0.3, -0.25) is 14.6 Å². The first kappa shape index (κ1) is 19.1. The Bertz CT molecular complexity index is 847. The average molecular weight is 384 g/mol. The lowest BCUT2D eigenvalue weighted by Crippen LogP contribution is -2.25. The number of anilines is 1. The van der Waals surface area contributed by atoms with E-state index in [0.29, 0.717) is 28.4 Å². The number of halogens is 1. The normalized spacial score (nSPS) is 13.6. The maximum Gasteiger partial charge on any atom is 0.257 e. The third-order valence-corrected chi connectivity index (χ3v) is 4.73. The van der Waals surface area contributed by atoms with Crippen molar-refractivity contribution in [2.45, 2.75) is 32.1 Å². The Morgan fingerprint density at radius 2 is 1.78 bits per heavy atom. The second kappa shape index (κ2) is 9.33.